The van der Waals surface area contributed by atoms with Gasteiger partial charge in [-0.25, -0.2) is 4.72 Å². The van der Waals surface area contributed by atoms with E-state index in [0.717, 1.165) is 16.1 Å². The zero-order valence-electron chi connectivity index (χ0n) is 17.0. The van der Waals surface area contributed by atoms with Crippen LogP contribution in [0.15, 0.2) is 76.5 Å². The molecule has 2 atom stereocenters. The van der Waals surface area contributed by atoms with Crippen molar-refractivity contribution in [2.24, 2.45) is 0 Å². The number of hydrogen-bond donors (Lipinski definition) is 3. The van der Waals surface area contributed by atoms with Crippen LogP contribution in [-0.4, -0.2) is 21.6 Å². The average Bonchev–Trinajstić information content (AvgIpc) is 2.76. The number of thioether (sulfide) groups is 1. The van der Waals surface area contributed by atoms with Crippen LogP contribution >= 0.6 is 11.8 Å². The van der Waals surface area contributed by atoms with E-state index in [1.54, 1.807) is 36.4 Å². The molecule has 0 spiro atoms. The summed E-state index contributed by atoms with van der Waals surface area (Å²) in [6.07, 6.45) is 0. The lowest BCUT2D eigenvalue weighted by molar-refractivity contribution is -0.115. The van der Waals surface area contributed by atoms with Crippen molar-refractivity contribution in [1.82, 2.24) is 0 Å². The molecular formula is C23H21N3O3S2. The minimum Gasteiger partial charge on any atom is -0.588 e. The lowest BCUT2D eigenvalue weighted by Gasteiger charge is -2.21. The third-order valence-corrected chi connectivity index (χ3v) is 7.06. The number of carbonyl (C=O) groups is 2. The van der Waals surface area contributed by atoms with Crippen molar-refractivity contribution >= 4 is 52.0 Å². The molecule has 0 radical (unpaired) electrons. The predicted octanol–water partition coefficient (Wildman–Crippen LogP) is 4.81. The highest BCUT2D eigenvalue weighted by Gasteiger charge is 2.23. The third kappa shape index (κ3) is 5.04. The molecule has 1 aliphatic heterocycles. The quantitative estimate of drug-likeness (QED) is 0.484. The molecule has 3 aromatic rings. The summed E-state index contributed by atoms with van der Waals surface area (Å²) in [5, 5.41) is 5.50. The summed E-state index contributed by atoms with van der Waals surface area (Å²) in [5.41, 5.74) is 3.59. The van der Waals surface area contributed by atoms with E-state index in [1.165, 1.54) is 11.8 Å². The van der Waals surface area contributed by atoms with Gasteiger partial charge in [0.15, 0.2) is 4.90 Å². The van der Waals surface area contributed by atoms with Gasteiger partial charge >= 0.3 is 0 Å². The van der Waals surface area contributed by atoms with E-state index in [0.29, 0.717) is 21.8 Å². The molecule has 2 unspecified atom stereocenters. The lowest BCUT2D eigenvalue weighted by Crippen LogP contribution is -2.26. The summed E-state index contributed by atoms with van der Waals surface area (Å²) < 4.78 is 15.5. The van der Waals surface area contributed by atoms with Gasteiger partial charge < -0.3 is 15.2 Å². The van der Waals surface area contributed by atoms with Crippen LogP contribution in [0.5, 0.6) is 0 Å². The summed E-state index contributed by atoms with van der Waals surface area (Å²) in [5.74, 6) is -0.356. The van der Waals surface area contributed by atoms with Crippen LogP contribution in [0.3, 0.4) is 0 Å². The Morgan fingerprint density at radius 1 is 1.03 bits per heavy atom. The fourth-order valence-electron chi connectivity index (χ4n) is 3.00. The van der Waals surface area contributed by atoms with Gasteiger partial charge in [-0.15, -0.1) is 11.8 Å². The first-order valence-electron chi connectivity index (χ1n) is 9.67. The smallest absolute Gasteiger partial charge is 0.255 e. The van der Waals surface area contributed by atoms with Crippen LogP contribution in [0.4, 0.5) is 17.1 Å². The number of rotatable bonds is 5. The Kier molecular flexibility index (Phi) is 6.22. The average molecular weight is 452 g/mol. The van der Waals surface area contributed by atoms with Crippen molar-refractivity contribution < 1.29 is 14.1 Å². The molecule has 0 aliphatic carbocycles. The largest absolute Gasteiger partial charge is 0.588 e. The van der Waals surface area contributed by atoms with Crippen LogP contribution in [0.1, 0.15) is 22.8 Å². The Hall–Kier alpha value is -2.94. The Balaban J connectivity index is 1.40. The standard InChI is InChI=1S/C23H21N3O3S2/c1-14-3-6-18(7-4-14)26-31(29)19-10-8-17(9-11-19)24-23(28)16-5-12-21-20(13-16)25-22(27)15(2)30-21/h3-13,15,26H,1-2H3,(H,24,28)(H,25,27). The SMILES string of the molecule is Cc1ccc(N[S+]([O-])c2ccc(NC(=O)c3ccc4c(c3)NC(=O)C(C)S4)cc2)cc1. The van der Waals surface area contributed by atoms with E-state index >= 15 is 0 Å². The molecule has 31 heavy (non-hydrogen) atoms. The lowest BCUT2D eigenvalue weighted by atomic mass is 10.1. The molecule has 0 saturated carbocycles. The third-order valence-electron chi connectivity index (χ3n) is 4.76. The summed E-state index contributed by atoms with van der Waals surface area (Å²) in [6, 6.07) is 19.7. The molecule has 0 saturated heterocycles. The van der Waals surface area contributed by atoms with Gasteiger partial charge in [0.2, 0.25) is 5.91 Å². The van der Waals surface area contributed by atoms with Crippen molar-refractivity contribution in [2.75, 3.05) is 15.4 Å². The highest BCUT2D eigenvalue weighted by atomic mass is 32.2. The molecule has 1 heterocycles. The maximum atomic E-state index is 12.6. The first-order valence-corrected chi connectivity index (χ1v) is 11.7. The molecule has 158 valence electrons. The van der Waals surface area contributed by atoms with Crippen LogP contribution in [0.25, 0.3) is 0 Å². The normalized spacial score (nSPS) is 16.1. The minimum atomic E-state index is -1.41. The Labute approximate surface area is 188 Å². The van der Waals surface area contributed by atoms with E-state index in [4.69, 9.17) is 0 Å². The first kappa shape index (κ1) is 21.3. The van der Waals surface area contributed by atoms with Gasteiger partial charge in [0.25, 0.3) is 5.91 Å². The molecule has 1 aliphatic rings. The number of nitrogens with one attached hydrogen (secondary N) is 3. The molecule has 0 aromatic heterocycles. The number of carbonyl (C=O) groups excluding carboxylic acids is 2. The van der Waals surface area contributed by atoms with E-state index < -0.39 is 11.4 Å². The zero-order valence-corrected chi connectivity index (χ0v) is 18.6. The second-order valence-corrected chi connectivity index (χ2v) is 9.77. The first-order chi connectivity index (χ1) is 14.9. The van der Waals surface area contributed by atoms with Crippen LogP contribution in [0.2, 0.25) is 0 Å². The molecule has 4 rings (SSSR count). The van der Waals surface area contributed by atoms with E-state index in [9.17, 15) is 14.1 Å². The van der Waals surface area contributed by atoms with Crippen LogP contribution in [0, 0.1) is 6.92 Å². The number of fused-ring (bicyclic) bond motifs is 1. The Morgan fingerprint density at radius 2 is 1.71 bits per heavy atom. The molecule has 2 amide bonds. The van der Waals surface area contributed by atoms with Gasteiger partial charge in [-0.1, -0.05) is 17.7 Å². The molecule has 0 bridgehead atoms. The fourth-order valence-corrected chi connectivity index (χ4v) is 4.78. The maximum Gasteiger partial charge on any atom is 0.255 e. The molecule has 3 N–H and O–H groups in total. The summed E-state index contributed by atoms with van der Waals surface area (Å²) in [7, 11) is 0. The van der Waals surface area contributed by atoms with E-state index in [2.05, 4.69) is 15.4 Å². The highest BCUT2D eigenvalue weighted by Crippen LogP contribution is 2.36. The summed E-state index contributed by atoms with van der Waals surface area (Å²) >= 11 is 0.0600. The molecule has 0 fully saturated rings. The van der Waals surface area contributed by atoms with Crippen molar-refractivity contribution in [2.45, 2.75) is 28.9 Å². The van der Waals surface area contributed by atoms with Crippen molar-refractivity contribution in [1.29, 1.82) is 0 Å². The second kappa shape index (κ2) is 9.05. The summed E-state index contributed by atoms with van der Waals surface area (Å²) in [4.78, 5) is 26.1. The van der Waals surface area contributed by atoms with E-state index in [-0.39, 0.29) is 17.1 Å². The predicted molar refractivity (Wildman–Crippen MR) is 126 cm³/mol. The van der Waals surface area contributed by atoms with Crippen LogP contribution < -0.4 is 15.4 Å². The number of benzene rings is 3. The van der Waals surface area contributed by atoms with Gasteiger partial charge in [-0.2, -0.15) is 0 Å². The van der Waals surface area contributed by atoms with Gasteiger partial charge in [-0.05, 0) is 68.4 Å². The van der Waals surface area contributed by atoms with Crippen molar-refractivity contribution in [3.8, 4) is 0 Å². The van der Waals surface area contributed by atoms with Crippen molar-refractivity contribution in [3.05, 3.63) is 77.9 Å². The Morgan fingerprint density at radius 3 is 2.42 bits per heavy atom. The maximum absolute atomic E-state index is 12.6. The van der Waals surface area contributed by atoms with Gasteiger partial charge in [0, 0.05) is 16.1 Å². The van der Waals surface area contributed by atoms with Gasteiger partial charge in [-0.3, -0.25) is 9.59 Å². The molecule has 8 heteroatoms. The highest BCUT2D eigenvalue weighted by molar-refractivity contribution is 8.01. The number of anilines is 3. The second-order valence-electron chi connectivity index (χ2n) is 7.18. The minimum absolute atomic E-state index is 0.0714. The summed E-state index contributed by atoms with van der Waals surface area (Å²) in [6.45, 7) is 3.84. The fraction of sp³-hybridized carbons (Fsp3) is 0.130. The molecular weight excluding hydrogens is 430 g/mol. The Bertz CT molecular complexity index is 1120. The van der Waals surface area contributed by atoms with Gasteiger partial charge in [0.1, 0.15) is 11.4 Å². The van der Waals surface area contributed by atoms with E-state index in [1.807, 2.05) is 44.2 Å². The topological polar surface area (TPSA) is 93.3 Å². The molecule has 3 aromatic carbocycles. The van der Waals surface area contributed by atoms with Gasteiger partial charge in [0.05, 0.1) is 16.6 Å². The zero-order chi connectivity index (χ0) is 22.0. The molecule has 6 nitrogen and oxygen atoms in total. The van der Waals surface area contributed by atoms with Crippen molar-refractivity contribution in [3.63, 3.8) is 0 Å². The number of aryl methyl sites for hydroxylation is 1. The number of hydrogen-bond acceptors (Lipinski definition) is 5. The van der Waals surface area contributed by atoms with Crippen LogP contribution in [-0.2, 0) is 16.2 Å². The monoisotopic (exact) mass is 451 g/mol. The number of amides is 2.